The molecule has 0 amide bonds. The van der Waals surface area contributed by atoms with Crippen LogP contribution in [0.2, 0.25) is 0 Å². The summed E-state index contributed by atoms with van der Waals surface area (Å²) < 4.78 is 4.93. The quantitative estimate of drug-likeness (QED) is 0.793. The van der Waals surface area contributed by atoms with Crippen LogP contribution in [0, 0.1) is 5.92 Å². The van der Waals surface area contributed by atoms with Gasteiger partial charge in [-0.2, -0.15) is 0 Å². The standard InChI is InChI=1S/C11H14O4/c1-7(11(13)14)5-8-3-4-9(12)10(6-8)15-2/h3-4,6-7,12H,5H2,1-2H3,(H,13,14)/t7-/m1/s1. The Balaban J connectivity index is 2.83. The van der Waals surface area contributed by atoms with E-state index in [1.807, 2.05) is 0 Å². The van der Waals surface area contributed by atoms with Gasteiger partial charge >= 0.3 is 5.97 Å². The third kappa shape index (κ3) is 2.87. The number of phenols is 1. The topological polar surface area (TPSA) is 66.8 Å². The van der Waals surface area contributed by atoms with Crippen LogP contribution in [-0.4, -0.2) is 23.3 Å². The van der Waals surface area contributed by atoms with E-state index in [1.165, 1.54) is 13.2 Å². The molecule has 0 bridgehead atoms. The highest BCUT2D eigenvalue weighted by Gasteiger charge is 2.12. The molecule has 0 fully saturated rings. The van der Waals surface area contributed by atoms with E-state index in [9.17, 15) is 9.90 Å². The van der Waals surface area contributed by atoms with Gasteiger partial charge in [0.25, 0.3) is 0 Å². The van der Waals surface area contributed by atoms with Crippen LogP contribution in [0.25, 0.3) is 0 Å². The van der Waals surface area contributed by atoms with Crippen molar-refractivity contribution in [3.63, 3.8) is 0 Å². The summed E-state index contributed by atoms with van der Waals surface area (Å²) >= 11 is 0. The lowest BCUT2D eigenvalue weighted by atomic mass is 10.0. The molecule has 1 aromatic rings. The number of aromatic hydroxyl groups is 1. The smallest absolute Gasteiger partial charge is 0.306 e. The Hall–Kier alpha value is -1.71. The van der Waals surface area contributed by atoms with E-state index in [4.69, 9.17) is 9.84 Å². The molecule has 82 valence electrons. The van der Waals surface area contributed by atoms with Crippen LogP contribution in [0.15, 0.2) is 18.2 Å². The van der Waals surface area contributed by atoms with Crippen LogP contribution in [0.4, 0.5) is 0 Å². The molecule has 1 atom stereocenters. The third-order valence-electron chi connectivity index (χ3n) is 2.21. The van der Waals surface area contributed by atoms with Crippen molar-refractivity contribution in [2.75, 3.05) is 7.11 Å². The molecule has 1 aromatic carbocycles. The van der Waals surface area contributed by atoms with Gasteiger partial charge in [-0.15, -0.1) is 0 Å². The molecule has 1 rings (SSSR count). The molecule has 0 saturated carbocycles. The zero-order valence-corrected chi connectivity index (χ0v) is 8.73. The van der Waals surface area contributed by atoms with E-state index >= 15 is 0 Å². The first-order valence-electron chi connectivity index (χ1n) is 4.63. The van der Waals surface area contributed by atoms with Gasteiger partial charge in [0.1, 0.15) is 0 Å². The zero-order chi connectivity index (χ0) is 11.4. The number of aliphatic carboxylic acids is 1. The highest BCUT2D eigenvalue weighted by Crippen LogP contribution is 2.27. The van der Waals surface area contributed by atoms with Crippen molar-refractivity contribution in [2.24, 2.45) is 5.92 Å². The van der Waals surface area contributed by atoms with Gasteiger partial charge in [0.05, 0.1) is 13.0 Å². The summed E-state index contributed by atoms with van der Waals surface area (Å²) in [6, 6.07) is 4.84. The van der Waals surface area contributed by atoms with Gasteiger partial charge < -0.3 is 14.9 Å². The Labute approximate surface area is 88.1 Å². The number of carboxylic acid groups (broad SMARTS) is 1. The van der Waals surface area contributed by atoms with Crippen LogP contribution in [0.3, 0.4) is 0 Å². The molecule has 0 aliphatic heterocycles. The van der Waals surface area contributed by atoms with E-state index in [2.05, 4.69) is 0 Å². The number of carbonyl (C=O) groups is 1. The Kier molecular flexibility index (Phi) is 3.55. The van der Waals surface area contributed by atoms with Gasteiger partial charge in [-0.3, -0.25) is 4.79 Å². The summed E-state index contributed by atoms with van der Waals surface area (Å²) in [6.45, 7) is 1.64. The normalized spacial score (nSPS) is 12.1. The molecular formula is C11H14O4. The number of hydrogen-bond acceptors (Lipinski definition) is 3. The maximum atomic E-state index is 10.6. The fourth-order valence-electron chi connectivity index (χ4n) is 1.29. The lowest BCUT2D eigenvalue weighted by Crippen LogP contribution is -2.12. The number of ether oxygens (including phenoxy) is 1. The molecule has 0 spiro atoms. The Morgan fingerprint density at radius 3 is 2.73 bits per heavy atom. The second-order valence-corrected chi connectivity index (χ2v) is 3.45. The van der Waals surface area contributed by atoms with Gasteiger partial charge in [-0.05, 0) is 24.1 Å². The van der Waals surface area contributed by atoms with Gasteiger partial charge in [-0.1, -0.05) is 13.0 Å². The molecule has 4 nitrogen and oxygen atoms in total. The van der Waals surface area contributed by atoms with E-state index in [0.717, 1.165) is 5.56 Å². The van der Waals surface area contributed by atoms with Gasteiger partial charge in [0.2, 0.25) is 0 Å². The molecule has 0 heterocycles. The number of hydrogen-bond donors (Lipinski definition) is 2. The summed E-state index contributed by atoms with van der Waals surface area (Å²) in [7, 11) is 1.46. The summed E-state index contributed by atoms with van der Waals surface area (Å²) in [5, 5.41) is 18.1. The van der Waals surface area contributed by atoms with Crippen LogP contribution < -0.4 is 4.74 Å². The minimum atomic E-state index is -0.831. The van der Waals surface area contributed by atoms with E-state index < -0.39 is 11.9 Å². The Morgan fingerprint density at radius 2 is 2.20 bits per heavy atom. The predicted octanol–water partition coefficient (Wildman–Crippen LogP) is 1.66. The molecule has 0 aromatic heterocycles. The summed E-state index contributed by atoms with van der Waals surface area (Å²) in [5.74, 6) is -0.851. The first-order valence-corrected chi connectivity index (χ1v) is 4.63. The van der Waals surface area contributed by atoms with Crippen molar-refractivity contribution in [1.29, 1.82) is 0 Å². The number of carboxylic acids is 1. The maximum Gasteiger partial charge on any atom is 0.306 e. The molecule has 0 saturated heterocycles. The van der Waals surface area contributed by atoms with E-state index in [0.29, 0.717) is 12.2 Å². The SMILES string of the molecule is COc1cc(C[C@@H](C)C(=O)O)ccc1O. The number of methoxy groups -OCH3 is 1. The number of benzene rings is 1. The average Bonchev–Trinajstić information content (AvgIpc) is 2.20. The molecule has 0 radical (unpaired) electrons. The second-order valence-electron chi connectivity index (χ2n) is 3.45. The fraction of sp³-hybridized carbons (Fsp3) is 0.364. The Bertz CT molecular complexity index is 360. The second kappa shape index (κ2) is 4.68. The highest BCUT2D eigenvalue weighted by molar-refractivity contribution is 5.70. The fourth-order valence-corrected chi connectivity index (χ4v) is 1.29. The average molecular weight is 210 g/mol. The van der Waals surface area contributed by atoms with Crippen LogP contribution >= 0.6 is 0 Å². The van der Waals surface area contributed by atoms with Gasteiger partial charge in [0.15, 0.2) is 11.5 Å². The van der Waals surface area contributed by atoms with E-state index in [1.54, 1.807) is 19.1 Å². The van der Waals surface area contributed by atoms with Crippen molar-refractivity contribution >= 4 is 5.97 Å². The van der Waals surface area contributed by atoms with Gasteiger partial charge in [0, 0.05) is 0 Å². The molecule has 0 aliphatic carbocycles. The molecule has 4 heteroatoms. The largest absolute Gasteiger partial charge is 0.504 e. The predicted molar refractivity (Wildman–Crippen MR) is 55.2 cm³/mol. The van der Waals surface area contributed by atoms with Crippen molar-refractivity contribution in [2.45, 2.75) is 13.3 Å². The lowest BCUT2D eigenvalue weighted by Gasteiger charge is -2.08. The first-order chi connectivity index (χ1) is 7.04. The number of rotatable bonds is 4. The van der Waals surface area contributed by atoms with Crippen LogP contribution in [0.1, 0.15) is 12.5 Å². The summed E-state index contributed by atoms with van der Waals surface area (Å²) in [5.41, 5.74) is 0.833. The van der Waals surface area contributed by atoms with E-state index in [-0.39, 0.29) is 5.75 Å². The maximum absolute atomic E-state index is 10.6. The molecule has 0 unspecified atom stereocenters. The minimum absolute atomic E-state index is 0.0595. The molecule has 0 aliphatic rings. The summed E-state index contributed by atoms with van der Waals surface area (Å²) in [4.78, 5) is 10.6. The Morgan fingerprint density at radius 1 is 1.53 bits per heavy atom. The number of phenolic OH excluding ortho intramolecular Hbond substituents is 1. The summed E-state index contributed by atoms with van der Waals surface area (Å²) in [6.07, 6.45) is 0.423. The lowest BCUT2D eigenvalue weighted by molar-refractivity contribution is -0.141. The molecule has 2 N–H and O–H groups in total. The van der Waals surface area contributed by atoms with Gasteiger partial charge in [-0.25, -0.2) is 0 Å². The van der Waals surface area contributed by atoms with Crippen molar-refractivity contribution < 1.29 is 19.7 Å². The van der Waals surface area contributed by atoms with Crippen molar-refractivity contribution in [3.05, 3.63) is 23.8 Å². The van der Waals surface area contributed by atoms with Crippen LogP contribution in [-0.2, 0) is 11.2 Å². The van der Waals surface area contributed by atoms with Crippen molar-refractivity contribution in [3.8, 4) is 11.5 Å². The van der Waals surface area contributed by atoms with Crippen molar-refractivity contribution in [1.82, 2.24) is 0 Å². The first kappa shape index (κ1) is 11.4. The minimum Gasteiger partial charge on any atom is -0.504 e. The highest BCUT2D eigenvalue weighted by atomic mass is 16.5. The zero-order valence-electron chi connectivity index (χ0n) is 8.73. The molecule has 15 heavy (non-hydrogen) atoms. The third-order valence-corrected chi connectivity index (χ3v) is 2.21. The molecular weight excluding hydrogens is 196 g/mol. The monoisotopic (exact) mass is 210 g/mol. The van der Waals surface area contributed by atoms with Crippen LogP contribution in [0.5, 0.6) is 11.5 Å².